The van der Waals surface area contributed by atoms with E-state index < -0.39 is 35.8 Å². The van der Waals surface area contributed by atoms with Crippen molar-refractivity contribution in [1.82, 2.24) is 10.2 Å². The molecule has 1 saturated heterocycles. The van der Waals surface area contributed by atoms with Crippen molar-refractivity contribution < 1.29 is 34.1 Å². The maximum Gasteiger partial charge on any atom is 0.326 e. The van der Waals surface area contributed by atoms with E-state index in [0.717, 1.165) is 0 Å². The first-order valence-electron chi connectivity index (χ1n) is 11.4. The van der Waals surface area contributed by atoms with E-state index in [1.165, 1.54) is 16.7 Å². The first-order valence-corrected chi connectivity index (χ1v) is 13.3. The molecule has 1 fully saturated rings. The summed E-state index contributed by atoms with van der Waals surface area (Å²) in [5.74, 6) is -1.89. The molecule has 0 saturated carbocycles. The van der Waals surface area contributed by atoms with Crippen LogP contribution in [0.4, 0.5) is 0 Å². The molecule has 0 bridgehead atoms. The number of ether oxygens (including phenoxy) is 1. The highest BCUT2D eigenvalue weighted by molar-refractivity contribution is 7.99. The van der Waals surface area contributed by atoms with Crippen molar-refractivity contribution in [3.8, 4) is 5.75 Å². The SMILES string of the molecule is O=C(O)CCC(=O)N1CCSCC1C(=O)N[C@@H](Cc1ccc(OCc2c(Cl)cccc2Cl)cc1)C(=O)O. The van der Waals surface area contributed by atoms with Gasteiger partial charge in [-0.05, 0) is 29.8 Å². The van der Waals surface area contributed by atoms with E-state index in [1.807, 2.05) is 0 Å². The molecule has 37 heavy (non-hydrogen) atoms. The molecule has 2 aromatic rings. The lowest BCUT2D eigenvalue weighted by molar-refractivity contribution is -0.145. The van der Waals surface area contributed by atoms with Gasteiger partial charge in [0.05, 0.1) is 6.42 Å². The summed E-state index contributed by atoms with van der Waals surface area (Å²) in [6, 6.07) is 9.84. The number of nitrogens with zero attached hydrogens (tertiary/aromatic N) is 1. The van der Waals surface area contributed by atoms with Crippen molar-refractivity contribution in [1.29, 1.82) is 0 Å². The minimum Gasteiger partial charge on any atom is -0.489 e. The summed E-state index contributed by atoms with van der Waals surface area (Å²) in [5, 5.41) is 22.1. The topological polar surface area (TPSA) is 133 Å². The van der Waals surface area contributed by atoms with E-state index in [0.29, 0.717) is 45.0 Å². The van der Waals surface area contributed by atoms with E-state index in [9.17, 15) is 24.3 Å². The minimum absolute atomic E-state index is 0.0184. The van der Waals surface area contributed by atoms with Crippen molar-refractivity contribution >= 4 is 58.7 Å². The van der Waals surface area contributed by atoms with Gasteiger partial charge >= 0.3 is 11.9 Å². The predicted molar refractivity (Wildman–Crippen MR) is 140 cm³/mol. The van der Waals surface area contributed by atoms with Gasteiger partial charge in [0.1, 0.15) is 24.4 Å². The molecule has 3 rings (SSSR count). The standard InChI is InChI=1S/C25H26Cl2N2O7S/c26-18-2-1-3-19(27)17(18)13-36-16-6-4-15(5-7-16)12-20(25(34)35)28-24(33)21-14-37-11-10-29(21)22(30)8-9-23(31)32/h1-7,20-21H,8-14H2,(H,28,33)(H,31,32)(H,34,35)/t20-,21?/m0/s1. The van der Waals surface area contributed by atoms with Crippen LogP contribution in [0.25, 0.3) is 0 Å². The molecule has 1 aliphatic rings. The highest BCUT2D eigenvalue weighted by Gasteiger charge is 2.34. The van der Waals surface area contributed by atoms with Gasteiger partial charge in [0.2, 0.25) is 11.8 Å². The second-order valence-electron chi connectivity index (χ2n) is 8.31. The van der Waals surface area contributed by atoms with Gasteiger partial charge in [0, 0.05) is 46.5 Å². The fourth-order valence-electron chi connectivity index (χ4n) is 3.73. The number of benzene rings is 2. The van der Waals surface area contributed by atoms with Crippen LogP contribution >= 0.6 is 35.0 Å². The number of halogens is 2. The average molecular weight is 569 g/mol. The lowest BCUT2D eigenvalue weighted by atomic mass is 10.1. The summed E-state index contributed by atoms with van der Waals surface area (Å²) in [5.41, 5.74) is 1.31. The van der Waals surface area contributed by atoms with E-state index in [1.54, 1.807) is 42.5 Å². The smallest absolute Gasteiger partial charge is 0.326 e. The van der Waals surface area contributed by atoms with E-state index >= 15 is 0 Å². The molecule has 2 amide bonds. The summed E-state index contributed by atoms with van der Waals surface area (Å²) in [4.78, 5) is 49.5. The number of aliphatic carboxylic acids is 2. The van der Waals surface area contributed by atoms with Crippen molar-refractivity contribution in [3.05, 3.63) is 63.6 Å². The second kappa shape index (κ2) is 13.6. The summed E-state index contributed by atoms with van der Waals surface area (Å²) in [7, 11) is 0. The number of carboxylic acid groups (broad SMARTS) is 2. The number of hydrogen-bond acceptors (Lipinski definition) is 6. The number of rotatable bonds is 11. The molecule has 198 valence electrons. The van der Waals surface area contributed by atoms with Crippen molar-refractivity contribution in [2.24, 2.45) is 0 Å². The molecule has 1 aliphatic heterocycles. The number of carboxylic acids is 2. The Morgan fingerprint density at radius 2 is 1.73 bits per heavy atom. The van der Waals surface area contributed by atoms with Gasteiger partial charge in [0.15, 0.2) is 0 Å². The number of thioether (sulfide) groups is 1. The van der Waals surface area contributed by atoms with Crippen LogP contribution in [0.15, 0.2) is 42.5 Å². The Kier molecular flexibility index (Phi) is 10.5. The molecule has 0 radical (unpaired) electrons. The van der Waals surface area contributed by atoms with E-state index in [2.05, 4.69) is 5.32 Å². The Bertz CT molecular complexity index is 1130. The van der Waals surface area contributed by atoms with Crippen molar-refractivity contribution in [3.63, 3.8) is 0 Å². The molecular weight excluding hydrogens is 543 g/mol. The summed E-state index contributed by atoms with van der Waals surface area (Å²) in [6.07, 6.45) is -0.534. The predicted octanol–water partition coefficient (Wildman–Crippen LogP) is 3.49. The molecule has 1 heterocycles. The van der Waals surface area contributed by atoms with Gasteiger partial charge < -0.3 is 25.2 Å². The van der Waals surface area contributed by atoms with Gasteiger partial charge in [-0.15, -0.1) is 0 Å². The number of hydrogen-bond donors (Lipinski definition) is 3. The molecule has 12 heteroatoms. The number of carbonyl (C=O) groups is 4. The van der Waals surface area contributed by atoms with Crippen LogP contribution in [0.2, 0.25) is 10.0 Å². The van der Waals surface area contributed by atoms with Gasteiger partial charge in [0.25, 0.3) is 0 Å². The maximum atomic E-state index is 12.9. The van der Waals surface area contributed by atoms with Crippen LogP contribution in [0, 0.1) is 0 Å². The minimum atomic E-state index is -1.22. The number of nitrogens with one attached hydrogen (secondary N) is 1. The average Bonchev–Trinajstić information content (AvgIpc) is 2.87. The van der Waals surface area contributed by atoms with Crippen molar-refractivity contribution in [2.45, 2.75) is 38.0 Å². The van der Waals surface area contributed by atoms with Crippen LogP contribution in [-0.2, 0) is 32.2 Å². The first kappa shape index (κ1) is 28.6. The van der Waals surface area contributed by atoms with Gasteiger partial charge in [-0.1, -0.05) is 41.4 Å². The van der Waals surface area contributed by atoms with Crippen LogP contribution in [-0.4, -0.2) is 69.0 Å². The fourth-order valence-corrected chi connectivity index (χ4v) is 5.28. The molecule has 2 atom stereocenters. The lowest BCUT2D eigenvalue weighted by Crippen LogP contribution is -2.57. The van der Waals surface area contributed by atoms with Crippen LogP contribution in [0.3, 0.4) is 0 Å². The Hall–Kier alpha value is -2.95. The molecule has 0 aromatic heterocycles. The molecule has 0 aliphatic carbocycles. The Labute approximate surface area is 228 Å². The highest BCUT2D eigenvalue weighted by atomic mass is 35.5. The van der Waals surface area contributed by atoms with Gasteiger partial charge in [-0.2, -0.15) is 11.8 Å². The number of amides is 2. The number of carbonyl (C=O) groups excluding carboxylic acids is 2. The Morgan fingerprint density at radius 1 is 1.05 bits per heavy atom. The Balaban J connectivity index is 1.60. The maximum absolute atomic E-state index is 12.9. The van der Waals surface area contributed by atoms with E-state index in [4.69, 9.17) is 33.0 Å². The Morgan fingerprint density at radius 3 is 2.35 bits per heavy atom. The third-order valence-electron chi connectivity index (χ3n) is 5.73. The highest BCUT2D eigenvalue weighted by Crippen LogP contribution is 2.26. The normalized spacial score (nSPS) is 16.1. The monoisotopic (exact) mass is 568 g/mol. The quantitative estimate of drug-likeness (QED) is 0.375. The molecule has 2 aromatic carbocycles. The van der Waals surface area contributed by atoms with Crippen LogP contribution in [0.1, 0.15) is 24.0 Å². The second-order valence-corrected chi connectivity index (χ2v) is 10.3. The molecule has 3 N–H and O–H groups in total. The zero-order chi connectivity index (χ0) is 26.9. The molecule has 0 spiro atoms. The van der Waals surface area contributed by atoms with E-state index in [-0.39, 0.29) is 25.9 Å². The molecular formula is C25H26Cl2N2O7S. The molecule has 1 unspecified atom stereocenters. The summed E-state index contributed by atoms with van der Waals surface area (Å²) >= 11 is 13.8. The van der Waals surface area contributed by atoms with Crippen molar-refractivity contribution in [2.75, 3.05) is 18.1 Å². The van der Waals surface area contributed by atoms with Gasteiger partial charge in [-0.25, -0.2) is 4.79 Å². The van der Waals surface area contributed by atoms with Crippen LogP contribution in [0.5, 0.6) is 5.75 Å². The summed E-state index contributed by atoms with van der Waals surface area (Å²) < 4.78 is 5.74. The third-order valence-corrected chi connectivity index (χ3v) is 7.46. The fraction of sp³-hybridized carbons (Fsp3) is 0.360. The lowest BCUT2D eigenvalue weighted by Gasteiger charge is -2.35. The first-order chi connectivity index (χ1) is 17.7. The molecule has 9 nitrogen and oxygen atoms in total. The summed E-state index contributed by atoms with van der Waals surface area (Å²) in [6.45, 7) is 0.451. The largest absolute Gasteiger partial charge is 0.489 e. The zero-order valence-corrected chi connectivity index (χ0v) is 22.0. The third kappa shape index (κ3) is 8.28. The van der Waals surface area contributed by atoms with Crippen LogP contribution < -0.4 is 10.1 Å². The zero-order valence-electron chi connectivity index (χ0n) is 19.7. The van der Waals surface area contributed by atoms with Gasteiger partial charge in [-0.3, -0.25) is 14.4 Å².